The predicted molar refractivity (Wildman–Crippen MR) is 33.1 cm³/mol. The molecule has 0 heterocycles. The van der Waals surface area contributed by atoms with Gasteiger partial charge in [-0.2, -0.15) is 0 Å². The summed E-state index contributed by atoms with van der Waals surface area (Å²) in [4.78, 5) is 0. The average Bonchev–Trinajstić information content (AvgIpc) is 1.65. The Bertz CT molecular complexity index is 46.8. The maximum atomic E-state index is 4.60. The molecule has 1 nitrogen and oxygen atoms in total. The number of hydrogen-bond acceptors (Lipinski definition) is 3. The third-order valence-corrected chi connectivity index (χ3v) is 1.50. The maximum Gasteiger partial charge on any atom is 0.219 e. The van der Waals surface area contributed by atoms with Crippen LogP contribution in [0.4, 0.5) is 0 Å². The number of thiocarbonyl (C=S) groups is 1. The van der Waals surface area contributed by atoms with Crippen LogP contribution in [0.2, 0.25) is 0 Å². The highest BCUT2D eigenvalue weighted by atomic mass is 32.2. The third-order valence-electron chi connectivity index (χ3n) is 0.333. The first kappa shape index (κ1) is 6.24. The smallest absolute Gasteiger partial charge is 0.219 e. The molecule has 0 radical (unpaired) electrons. The van der Waals surface area contributed by atoms with Crippen molar-refractivity contribution in [1.29, 1.82) is 0 Å². The molecule has 36 valence electrons. The topological polar surface area (TPSA) is 9.23 Å². The highest BCUT2D eigenvalue weighted by Gasteiger charge is 1.82. The standard InChI is InChI=1S/C3H6OS2/c1-4-3(5)6-2/h1-2H3. The number of ether oxygens (including phenoxy) is 1. The Hall–Kier alpha value is 0.240. The molecule has 0 aromatic rings. The zero-order valence-electron chi connectivity index (χ0n) is 3.72. The van der Waals surface area contributed by atoms with Crippen molar-refractivity contribution in [1.82, 2.24) is 0 Å². The van der Waals surface area contributed by atoms with E-state index in [1.54, 1.807) is 7.11 Å². The fourth-order valence-electron chi connectivity index (χ4n) is 0.0833. The summed E-state index contributed by atoms with van der Waals surface area (Å²) < 4.78 is 5.19. The molecule has 0 aromatic carbocycles. The monoisotopic (exact) mass is 122 g/mol. The van der Waals surface area contributed by atoms with Gasteiger partial charge in [0.05, 0.1) is 7.11 Å². The van der Waals surface area contributed by atoms with Gasteiger partial charge in [0.25, 0.3) is 0 Å². The summed E-state index contributed by atoms with van der Waals surface area (Å²) in [5, 5.41) is 0. The normalized spacial score (nSPS) is 7.67. The Balaban J connectivity index is 2.99. The lowest BCUT2D eigenvalue weighted by Crippen LogP contribution is -1.85. The number of hydrogen-bond donors (Lipinski definition) is 0. The Morgan fingerprint density at radius 3 is 2.33 bits per heavy atom. The molecular formula is C3H6OS2. The lowest BCUT2D eigenvalue weighted by molar-refractivity contribution is 0.426. The molecule has 0 rings (SSSR count). The lowest BCUT2D eigenvalue weighted by Gasteiger charge is -1.90. The van der Waals surface area contributed by atoms with Gasteiger partial charge in [0.2, 0.25) is 4.38 Å². The molecule has 6 heavy (non-hydrogen) atoms. The van der Waals surface area contributed by atoms with Crippen LogP contribution in [0, 0.1) is 0 Å². The quantitative estimate of drug-likeness (QED) is 0.448. The van der Waals surface area contributed by atoms with E-state index in [9.17, 15) is 0 Å². The van der Waals surface area contributed by atoms with Crippen LogP contribution in [0.15, 0.2) is 0 Å². The number of thioether (sulfide) groups is 1. The SMILES string of the molecule is COC(=S)SC. The van der Waals surface area contributed by atoms with Crippen LogP contribution in [0.25, 0.3) is 0 Å². The molecule has 0 aromatic heterocycles. The predicted octanol–water partition coefficient (Wildman–Crippen LogP) is 1.28. The molecular weight excluding hydrogens is 116 g/mol. The summed E-state index contributed by atoms with van der Waals surface area (Å²) in [5.74, 6) is 0. The van der Waals surface area contributed by atoms with Gasteiger partial charge in [-0.15, -0.1) is 0 Å². The van der Waals surface area contributed by atoms with E-state index in [1.165, 1.54) is 11.8 Å². The van der Waals surface area contributed by atoms with Crippen LogP contribution >= 0.6 is 24.0 Å². The van der Waals surface area contributed by atoms with E-state index in [0.717, 1.165) is 0 Å². The van der Waals surface area contributed by atoms with E-state index < -0.39 is 0 Å². The van der Waals surface area contributed by atoms with Crippen molar-refractivity contribution < 1.29 is 4.74 Å². The van der Waals surface area contributed by atoms with Gasteiger partial charge in [0.15, 0.2) is 0 Å². The van der Waals surface area contributed by atoms with Gasteiger partial charge in [-0.3, -0.25) is 0 Å². The van der Waals surface area contributed by atoms with Gasteiger partial charge < -0.3 is 4.74 Å². The molecule has 0 atom stereocenters. The van der Waals surface area contributed by atoms with E-state index in [2.05, 4.69) is 17.0 Å². The van der Waals surface area contributed by atoms with E-state index in [1.807, 2.05) is 6.26 Å². The van der Waals surface area contributed by atoms with Crippen molar-refractivity contribution in [2.24, 2.45) is 0 Å². The van der Waals surface area contributed by atoms with Crippen LogP contribution in [-0.2, 0) is 4.74 Å². The summed E-state index contributed by atoms with van der Waals surface area (Å²) >= 11 is 6.03. The first-order chi connectivity index (χ1) is 2.81. The zero-order valence-corrected chi connectivity index (χ0v) is 5.36. The van der Waals surface area contributed by atoms with Gasteiger partial charge in [-0.25, -0.2) is 0 Å². The van der Waals surface area contributed by atoms with Crippen LogP contribution in [0.1, 0.15) is 0 Å². The third kappa shape index (κ3) is 2.48. The van der Waals surface area contributed by atoms with Crippen molar-refractivity contribution in [2.45, 2.75) is 0 Å². The van der Waals surface area contributed by atoms with Crippen LogP contribution in [0.5, 0.6) is 0 Å². The second-order valence-corrected chi connectivity index (χ2v) is 2.07. The Morgan fingerprint density at radius 1 is 1.83 bits per heavy atom. The summed E-state index contributed by atoms with van der Waals surface area (Å²) in [5.41, 5.74) is 0. The Kier molecular flexibility index (Phi) is 3.57. The second kappa shape index (κ2) is 3.43. The summed E-state index contributed by atoms with van der Waals surface area (Å²) in [6.45, 7) is 0. The summed E-state index contributed by atoms with van der Waals surface area (Å²) in [6.07, 6.45) is 1.88. The fourth-order valence-corrected chi connectivity index (χ4v) is 0.250. The average molecular weight is 122 g/mol. The minimum absolute atomic E-state index is 0.593. The summed E-state index contributed by atoms with van der Waals surface area (Å²) in [6, 6.07) is 0. The molecule has 0 N–H and O–H groups in total. The van der Waals surface area contributed by atoms with Gasteiger partial charge in [-0.1, -0.05) is 11.8 Å². The lowest BCUT2D eigenvalue weighted by atomic mass is 11.5. The van der Waals surface area contributed by atoms with Crippen molar-refractivity contribution in [2.75, 3.05) is 13.4 Å². The molecule has 0 saturated carbocycles. The number of rotatable bonds is 0. The van der Waals surface area contributed by atoms with Crippen molar-refractivity contribution in [3.8, 4) is 0 Å². The molecule has 0 amide bonds. The first-order valence-electron chi connectivity index (χ1n) is 1.43. The van der Waals surface area contributed by atoms with E-state index in [-0.39, 0.29) is 0 Å². The van der Waals surface area contributed by atoms with Gasteiger partial charge in [0, 0.05) is 0 Å². The molecule has 0 aliphatic carbocycles. The fraction of sp³-hybridized carbons (Fsp3) is 0.667. The van der Waals surface area contributed by atoms with Crippen LogP contribution in [0.3, 0.4) is 0 Å². The van der Waals surface area contributed by atoms with Crippen LogP contribution in [-0.4, -0.2) is 17.7 Å². The zero-order chi connectivity index (χ0) is 4.99. The first-order valence-corrected chi connectivity index (χ1v) is 3.06. The maximum absolute atomic E-state index is 4.60. The second-order valence-electron chi connectivity index (χ2n) is 0.658. The van der Waals surface area contributed by atoms with E-state index in [4.69, 9.17) is 0 Å². The number of methoxy groups -OCH3 is 1. The Morgan fingerprint density at radius 2 is 2.33 bits per heavy atom. The molecule has 0 bridgehead atoms. The van der Waals surface area contributed by atoms with Gasteiger partial charge in [-0.05, 0) is 18.5 Å². The molecule has 0 spiro atoms. The van der Waals surface area contributed by atoms with E-state index in [0.29, 0.717) is 4.38 Å². The highest BCUT2D eigenvalue weighted by molar-refractivity contribution is 8.22. The largest absolute Gasteiger partial charge is 0.482 e. The van der Waals surface area contributed by atoms with E-state index >= 15 is 0 Å². The minimum Gasteiger partial charge on any atom is -0.482 e. The molecule has 3 heteroatoms. The summed E-state index contributed by atoms with van der Waals surface area (Å²) in [7, 11) is 1.57. The van der Waals surface area contributed by atoms with Crippen molar-refractivity contribution in [3.05, 3.63) is 0 Å². The molecule has 0 unspecified atom stereocenters. The molecule has 0 fully saturated rings. The molecule has 0 saturated heterocycles. The molecule has 0 aliphatic heterocycles. The van der Waals surface area contributed by atoms with Gasteiger partial charge >= 0.3 is 0 Å². The highest BCUT2D eigenvalue weighted by Crippen LogP contribution is 1.95. The van der Waals surface area contributed by atoms with Crippen molar-refractivity contribution in [3.63, 3.8) is 0 Å². The van der Waals surface area contributed by atoms with Crippen LogP contribution < -0.4 is 0 Å². The molecule has 0 aliphatic rings. The minimum atomic E-state index is 0.593. The van der Waals surface area contributed by atoms with Crippen molar-refractivity contribution >= 4 is 28.4 Å². The van der Waals surface area contributed by atoms with Gasteiger partial charge in [0.1, 0.15) is 0 Å². The Labute approximate surface area is 47.1 Å².